The molecule has 1 amide bonds. The van der Waals surface area contributed by atoms with Gasteiger partial charge in [0.1, 0.15) is 11.6 Å². The molecule has 1 unspecified atom stereocenters. The Morgan fingerprint density at radius 2 is 1.88 bits per heavy atom. The fourth-order valence-corrected chi connectivity index (χ4v) is 2.98. The van der Waals surface area contributed by atoms with Gasteiger partial charge in [0, 0.05) is 12.1 Å². The Balaban J connectivity index is 2.21. The fraction of sp³-hybridized carbons (Fsp3) is 0.100. The van der Waals surface area contributed by atoms with Gasteiger partial charge in [-0.15, -0.1) is 6.58 Å². The number of ketones is 1. The van der Waals surface area contributed by atoms with Gasteiger partial charge in [0.15, 0.2) is 0 Å². The maximum Gasteiger partial charge on any atom is 0.295 e. The summed E-state index contributed by atoms with van der Waals surface area (Å²) in [5.41, 5.74) is 0.780. The third-order valence-corrected chi connectivity index (χ3v) is 4.08. The first-order chi connectivity index (χ1) is 12.0. The number of nitrogens with zero attached hydrogens (tertiary/aromatic N) is 1. The first-order valence-corrected chi connectivity index (χ1v) is 7.74. The van der Waals surface area contributed by atoms with Crippen LogP contribution in [-0.4, -0.2) is 28.2 Å². The number of likely N-dealkylation sites (tertiary alicyclic amines) is 1. The van der Waals surface area contributed by atoms with Crippen molar-refractivity contribution in [2.24, 2.45) is 0 Å². The summed E-state index contributed by atoms with van der Waals surface area (Å²) in [6.07, 6.45) is 1.49. The molecule has 1 saturated heterocycles. The van der Waals surface area contributed by atoms with E-state index in [4.69, 9.17) is 0 Å². The third-order valence-electron chi connectivity index (χ3n) is 4.08. The number of carbonyl (C=O) groups excluding carboxylic acids is 2. The van der Waals surface area contributed by atoms with Gasteiger partial charge in [-0.25, -0.2) is 4.39 Å². The molecule has 1 heterocycles. The molecule has 3 rings (SSSR count). The molecule has 5 heteroatoms. The smallest absolute Gasteiger partial charge is 0.295 e. The second-order valence-electron chi connectivity index (χ2n) is 5.66. The highest BCUT2D eigenvalue weighted by Gasteiger charge is 2.45. The van der Waals surface area contributed by atoms with Crippen LogP contribution in [0.1, 0.15) is 17.2 Å². The van der Waals surface area contributed by atoms with Gasteiger partial charge in [0.05, 0.1) is 11.6 Å². The van der Waals surface area contributed by atoms with Crippen LogP contribution in [0.3, 0.4) is 0 Å². The van der Waals surface area contributed by atoms with E-state index in [9.17, 15) is 19.1 Å². The van der Waals surface area contributed by atoms with Crippen molar-refractivity contribution in [1.82, 2.24) is 4.90 Å². The number of hydrogen-bond acceptors (Lipinski definition) is 3. The van der Waals surface area contributed by atoms with Gasteiger partial charge in [-0.3, -0.25) is 9.59 Å². The van der Waals surface area contributed by atoms with Crippen molar-refractivity contribution in [2.75, 3.05) is 6.54 Å². The molecule has 0 bridgehead atoms. The van der Waals surface area contributed by atoms with Crippen molar-refractivity contribution in [2.45, 2.75) is 6.04 Å². The zero-order valence-corrected chi connectivity index (χ0v) is 13.4. The van der Waals surface area contributed by atoms with Crippen LogP contribution in [0.2, 0.25) is 0 Å². The minimum absolute atomic E-state index is 0.0522. The lowest BCUT2D eigenvalue weighted by Crippen LogP contribution is -2.29. The maximum absolute atomic E-state index is 13.7. The Labute approximate surface area is 144 Å². The monoisotopic (exact) mass is 337 g/mol. The molecule has 126 valence electrons. The number of amides is 1. The van der Waals surface area contributed by atoms with Gasteiger partial charge in [-0.2, -0.15) is 0 Å². The zero-order chi connectivity index (χ0) is 18.0. The average molecular weight is 337 g/mol. The molecule has 2 aromatic rings. The van der Waals surface area contributed by atoms with Gasteiger partial charge >= 0.3 is 0 Å². The summed E-state index contributed by atoms with van der Waals surface area (Å²) < 4.78 is 13.7. The minimum Gasteiger partial charge on any atom is -0.507 e. The van der Waals surface area contributed by atoms with Crippen LogP contribution in [0.5, 0.6) is 0 Å². The fourth-order valence-electron chi connectivity index (χ4n) is 2.98. The number of aliphatic hydroxyl groups excluding tert-OH is 1. The van der Waals surface area contributed by atoms with Crippen LogP contribution >= 0.6 is 0 Å². The van der Waals surface area contributed by atoms with Gasteiger partial charge < -0.3 is 10.0 Å². The van der Waals surface area contributed by atoms with E-state index in [-0.39, 0.29) is 17.9 Å². The van der Waals surface area contributed by atoms with Crippen molar-refractivity contribution in [3.63, 3.8) is 0 Å². The van der Waals surface area contributed by atoms with E-state index < -0.39 is 23.5 Å². The highest BCUT2D eigenvalue weighted by Crippen LogP contribution is 2.39. The molecule has 1 aliphatic rings. The first-order valence-electron chi connectivity index (χ1n) is 7.74. The largest absolute Gasteiger partial charge is 0.507 e. The highest BCUT2D eigenvalue weighted by atomic mass is 19.1. The number of hydrogen-bond donors (Lipinski definition) is 1. The Morgan fingerprint density at radius 3 is 2.52 bits per heavy atom. The predicted molar refractivity (Wildman–Crippen MR) is 92.0 cm³/mol. The summed E-state index contributed by atoms with van der Waals surface area (Å²) in [6.45, 7) is 3.71. The first kappa shape index (κ1) is 16.6. The van der Waals surface area contributed by atoms with E-state index in [2.05, 4.69) is 6.58 Å². The van der Waals surface area contributed by atoms with E-state index in [0.29, 0.717) is 11.1 Å². The summed E-state index contributed by atoms with van der Waals surface area (Å²) in [5.74, 6) is -2.30. The summed E-state index contributed by atoms with van der Waals surface area (Å²) in [4.78, 5) is 26.2. The van der Waals surface area contributed by atoms with Crippen LogP contribution in [-0.2, 0) is 9.59 Å². The number of halogens is 1. The quantitative estimate of drug-likeness (QED) is 0.402. The lowest BCUT2D eigenvalue weighted by atomic mass is 9.95. The Morgan fingerprint density at radius 1 is 1.16 bits per heavy atom. The van der Waals surface area contributed by atoms with Crippen LogP contribution in [0.4, 0.5) is 4.39 Å². The molecular weight excluding hydrogens is 321 g/mol. The van der Waals surface area contributed by atoms with E-state index in [1.54, 1.807) is 36.4 Å². The molecule has 1 N–H and O–H groups in total. The van der Waals surface area contributed by atoms with Gasteiger partial charge in [0.2, 0.25) is 0 Å². The number of carbonyl (C=O) groups is 2. The Hall–Kier alpha value is -3.21. The molecule has 0 saturated carbocycles. The van der Waals surface area contributed by atoms with E-state index in [0.717, 1.165) is 0 Å². The molecule has 0 aromatic heterocycles. The number of Topliss-reactive ketones (excluding diaryl/α,β-unsaturated/α-hetero) is 1. The predicted octanol–water partition coefficient (Wildman–Crippen LogP) is 3.43. The molecule has 1 aliphatic heterocycles. The molecule has 4 nitrogen and oxygen atoms in total. The van der Waals surface area contributed by atoms with Gasteiger partial charge in [-0.05, 0) is 17.7 Å². The van der Waals surface area contributed by atoms with Crippen LogP contribution in [0.25, 0.3) is 5.76 Å². The van der Waals surface area contributed by atoms with Crippen molar-refractivity contribution in [3.8, 4) is 0 Å². The molecule has 25 heavy (non-hydrogen) atoms. The molecule has 1 fully saturated rings. The Kier molecular flexibility index (Phi) is 4.48. The Bertz CT molecular complexity index is 874. The van der Waals surface area contributed by atoms with Gasteiger partial charge in [0.25, 0.3) is 11.7 Å². The number of aliphatic hydroxyl groups is 1. The summed E-state index contributed by atoms with van der Waals surface area (Å²) >= 11 is 0. The molecule has 0 spiro atoms. The summed E-state index contributed by atoms with van der Waals surface area (Å²) in [6, 6.07) is 13.3. The average Bonchev–Trinajstić information content (AvgIpc) is 2.87. The standard InChI is InChI=1S/C20H16FNO3/c1-2-11-22-17(14-9-6-10-15(21)12-14)16(19(24)20(22)25)18(23)13-7-4-3-5-8-13/h2-10,12,17,23H,1,11H2. The summed E-state index contributed by atoms with van der Waals surface area (Å²) in [5, 5.41) is 10.7. The lowest BCUT2D eigenvalue weighted by Gasteiger charge is -2.24. The molecule has 0 radical (unpaired) electrons. The van der Waals surface area contributed by atoms with Crippen LogP contribution in [0.15, 0.2) is 72.8 Å². The molecule has 0 aliphatic carbocycles. The molecule has 1 atom stereocenters. The number of benzene rings is 2. The van der Waals surface area contributed by atoms with E-state index in [1.165, 1.54) is 29.2 Å². The molecular formula is C20H16FNO3. The minimum atomic E-state index is -0.867. The normalized spacial score (nSPS) is 19.2. The van der Waals surface area contributed by atoms with Crippen molar-refractivity contribution < 1.29 is 19.1 Å². The van der Waals surface area contributed by atoms with E-state index in [1.807, 2.05) is 0 Å². The maximum atomic E-state index is 13.7. The second-order valence-corrected chi connectivity index (χ2v) is 5.66. The lowest BCUT2D eigenvalue weighted by molar-refractivity contribution is -0.139. The van der Waals surface area contributed by atoms with Crippen molar-refractivity contribution in [3.05, 3.63) is 89.8 Å². The van der Waals surface area contributed by atoms with Crippen molar-refractivity contribution in [1.29, 1.82) is 0 Å². The summed E-state index contributed by atoms with van der Waals surface area (Å²) in [7, 11) is 0. The molecule has 2 aromatic carbocycles. The number of rotatable bonds is 4. The second kappa shape index (κ2) is 6.73. The van der Waals surface area contributed by atoms with Crippen LogP contribution in [0, 0.1) is 5.82 Å². The van der Waals surface area contributed by atoms with Crippen LogP contribution < -0.4 is 0 Å². The van der Waals surface area contributed by atoms with Gasteiger partial charge in [-0.1, -0.05) is 48.5 Å². The SMILES string of the molecule is C=CCN1C(=O)C(=O)C(=C(O)c2ccccc2)C1c1cccc(F)c1. The topological polar surface area (TPSA) is 57.6 Å². The highest BCUT2D eigenvalue weighted by molar-refractivity contribution is 6.46. The third kappa shape index (κ3) is 2.96. The van der Waals surface area contributed by atoms with Crippen molar-refractivity contribution >= 4 is 17.4 Å². The van der Waals surface area contributed by atoms with E-state index >= 15 is 0 Å². The zero-order valence-electron chi connectivity index (χ0n) is 13.4.